The number of ether oxygens (including phenoxy) is 3. The van der Waals surface area contributed by atoms with Crippen molar-refractivity contribution in [1.29, 1.82) is 5.26 Å². The number of alkyl halides is 3. The summed E-state index contributed by atoms with van der Waals surface area (Å²) in [7, 11) is 0. The van der Waals surface area contributed by atoms with Crippen molar-refractivity contribution in [3.8, 4) is 22.4 Å². The molecule has 72 heavy (non-hydrogen) atoms. The van der Waals surface area contributed by atoms with Gasteiger partial charge in [-0.1, -0.05) is 45.0 Å². The van der Waals surface area contributed by atoms with Crippen LogP contribution in [0.5, 0.6) is 5.88 Å². The number of likely N-dealkylation sites (tertiary alicyclic amines) is 1. The highest BCUT2D eigenvalue weighted by Gasteiger charge is 2.52. The van der Waals surface area contributed by atoms with Gasteiger partial charge in [0.1, 0.15) is 29.8 Å². The Morgan fingerprint density at radius 3 is 2.32 bits per heavy atom. The summed E-state index contributed by atoms with van der Waals surface area (Å²) in [6.07, 6.45) is -2.86. The van der Waals surface area contributed by atoms with E-state index in [0.717, 1.165) is 33.8 Å². The van der Waals surface area contributed by atoms with E-state index in [4.69, 9.17) is 26.4 Å². The van der Waals surface area contributed by atoms with Crippen LogP contribution in [0.1, 0.15) is 88.2 Å². The number of unbranched alkanes of at least 4 members (excludes halogenated alkanes) is 1. The number of carbonyl (C=O) groups excluding carboxylic acids is 4. The highest BCUT2D eigenvalue weighted by molar-refractivity contribution is 7.81. The summed E-state index contributed by atoms with van der Waals surface area (Å²) >= 11 is 7.10. The van der Waals surface area contributed by atoms with E-state index in [2.05, 4.69) is 20.6 Å². The molecule has 0 radical (unpaired) electrons. The summed E-state index contributed by atoms with van der Waals surface area (Å²) in [6.45, 7) is 13.2. The molecule has 4 heterocycles. The van der Waals surface area contributed by atoms with Crippen molar-refractivity contribution in [2.75, 3.05) is 49.4 Å². The third kappa shape index (κ3) is 12.7. The molecule has 0 saturated carbocycles. The Bertz CT molecular complexity index is 2690. The minimum atomic E-state index is -5.20. The second kappa shape index (κ2) is 23.2. The molecular weight excluding hydrogens is 981 g/mol. The van der Waals surface area contributed by atoms with Crippen LogP contribution in [0.25, 0.3) is 10.4 Å². The van der Waals surface area contributed by atoms with E-state index in [0.29, 0.717) is 55.2 Å². The lowest BCUT2D eigenvalue weighted by Gasteiger charge is -2.35. The molecule has 0 bridgehead atoms. The number of nitrogens with zero attached hydrogens (tertiary/aromatic N) is 6. The summed E-state index contributed by atoms with van der Waals surface area (Å²) in [5.41, 5.74) is -0.0601. The molecule has 2 saturated heterocycles. The number of pyridine rings is 1. The lowest BCUT2D eigenvalue weighted by atomic mass is 9.85. The number of aliphatic hydroxyl groups is 1. The van der Waals surface area contributed by atoms with Gasteiger partial charge in [0.15, 0.2) is 10.9 Å². The maximum Gasteiger partial charge on any atom is 0.420 e. The van der Waals surface area contributed by atoms with Gasteiger partial charge in [0.05, 0.1) is 58.0 Å². The molecule has 2 aliphatic heterocycles. The minimum absolute atomic E-state index is 0.0463. The smallest absolute Gasteiger partial charge is 0.420 e. The molecule has 0 unspecified atom stereocenters. The quantitative estimate of drug-likeness (QED) is 0.0458. The minimum Gasteiger partial charge on any atom is -0.478 e. The molecule has 6 rings (SSSR count). The van der Waals surface area contributed by atoms with Gasteiger partial charge in [-0.05, 0) is 93.4 Å². The normalized spacial score (nSPS) is 17.3. The molecular formula is C50H58F4N8O8S2. The molecule has 4 aromatic rings. The number of anilines is 2. The van der Waals surface area contributed by atoms with Crippen LogP contribution in [0.3, 0.4) is 0 Å². The van der Waals surface area contributed by atoms with Crippen molar-refractivity contribution < 1.29 is 56.1 Å². The van der Waals surface area contributed by atoms with E-state index >= 15 is 4.39 Å². The van der Waals surface area contributed by atoms with Crippen LogP contribution in [0.2, 0.25) is 0 Å². The number of nitrogens with one attached hydrogen (secondary N) is 2. The molecule has 0 spiro atoms. The van der Waals surface area contributed by atoms with Gasteiger partial charge in [-0.3, -0.25) is 24.1 Å². The predicted molar refractivity (Wildman–Crippen MR) is 264 cm³/mol. The molecule has 2 aromatic carbocycles. The van der Waals surface area contributed by atoms with E-state index in [9.17, 15) is 42.7 Å². The molecule has 16 nitrogen and oxygen atoms in total. The summed E-state index contributed by atoms with van der Waals surface area (Å²) < 4.78 is 73.8. The SMILES string of the molecule is Cc1cc(OCCCCOCCCOCC(=O)N[C@H](C(=O)N2C[C@H](O)C[C@H]2C(=O)NCc2ccc(-c3scnc3C)cc2)C(C)(C)C)ncc1N1C(=S)N(c2ccc(C#N)c(C(F)(F)F)c2F)C(=O)C1(C)C. The summed E-state index contributed by atoms with van der Waals surface area (Å²) in [5, 5.41) is 25.1. The van der Waals surface area contributed by atoms with Crippen LogP contribution in [0.4, 0.5) is 28.9 Å². The van der Waals surface area contributed by atoms with Gasteiger partial charge < -0.3 is 39.8 Å². The monoisotopic (exact) mass is 1040 g/mol. The first kappa shape index (κ1) is 55.2. The second-order valence-corrected chi connectivity index (χ2v) is 20.3. The number of aromatic nitrogens is 2. The number of aryl methyl sites for hydroxylation is 2. The lowest BCUT2D eigenvalue weighted by Crippen LogP contribution is -2.58. The molecule has 2 aromatic heterocycles. The summed E-state index contributed by atoms with van der Waals surface area (Å²) in [5.74, 6) is -3.67. The Balaban J connectivity index is 0.886. The van der Waals surface area contributed by atoms with Crippen LogP contribution >= 0.6 is 23.6 Å². The third-order valence-corrected chi connectivity index (χ3v) is 13.5. The number of halogens is 4. The van der Waals surface area contributed by atoms with Crippen LogP contribution in [-0.2, 0) is 41.4 Å². The fraction of sp³-hybridized carbons (Fsp3) is 0.480. The number of carbonyl (C=O) groups is 4. The van der Waals surface area contributed by atoms with E-state index in [-0.39, 0.29) is 43.7 Å². The number of hydrogen-bond acceptors (Lipinski definition) is 13. The van der Waals surface area contributed by atoms with Crippen LogP contribution in [0, 0.1) is 36.4 Å². The molecule has 0 aliphatic carbocycles. The lowest BCUT2D eigenvalue weighted by molar-refractivity contribution is -0.144. The topological polar surface area (TPSA) is 200 Å². The average molecular weight is 1040 g/mol. The first-order valence-electron chi connectivity index (χ1n) is 23.2. The third-order valence-electron chi connectivity index (χ3n) is 12.2. The van der Waals surface area contributed by atoms with Gasteiger partial charge in [0.25, 0.3) is 5.91 Å². The number of rotatable bonds is 20. The van der Waals surface area contributed by atoms with Crippen molar-refractivity contribution in [2.24, 2.45) is 5.41 Å². The molecule has 2 fully saturated rings. The van der Waals surface area contributed by atoms with Gasteiger partial charge in [0.2, 0.25) is 23.6 Å². The average Bonchev–Trinajstić information content (AvgIpc) is 3.98. The number of nitriles is 1. The number of thiocarbonyl (C=S) groups is 1. The van der Waals surface area contributed by atoms with Gasteiger partial charge in [-0.15, -0.1) is 11.3 Å². The molecule has 3 atom stereocenters. The number of thiazole rings is 1. The number of aliphatic hydroxyl groups excluding tert-OH is 1. The molecule has 386 valence electrons. The molecule has 2 aliphatic rings. The van der Waals surface area contributed by atoms with Gasteiger partial charge >= 0.3 is 6.18 Å². The fourth-order valence-corrected chi connectivity index (χ4v) is 9.67. The van der Waals surface area contributed by atoms with E-state index in [1.54, 1.807) is 50.6 Å². The molecule has 22 heteroatoms. The van der Waals surface area contributed by atoms with Crippen molar-refractivity contribution in [3.63, 3.8) is 0 Å². The largest absolute Gasteiger partial charge is 0.478 e. The van der Waals surface area contributed by atoms with Crippen molar-refractivity contribution in [3.05, 3.63) is 87.9 Å². The van der Waals surface area contributed by atoms with Gasteiger partial charge in [0, 0.05) is 45.4 Å². The zero-order chi connectivity index (χ0) is 52.7. The van der Waals surface area contributed by atoms with Gasteiger partial charge in [-0.25, -0.2) is 14.4 Å². The van der Waals surface area contributed by atoms with E-state index in [1.165, 1.54) is 35.9 Å². The number of amides is 4. The van der Waals surface area contributed by atoms with Crippen LogP contribution in [0.15, 0.2) is 54.2 Å². The Labute approximate surface area is 424 Å². The number of hydrogen-bond donors (Lipinski definition) is 3. The summed E-state index contributed by atoms with van der Waals surface area (Å²) in [4.78, 5) is 67.1. The first-order chi connectivity index (χ1) is 33.9. The Morgan fingerprint density at radius 1 is 1.00 bits per heavy atom. The number of benzene rings is 2. The van der Waals surface area contributed by atoms with Crippen molar-refractivity contribution in [2.45, 2.75) is 111 Å². The van der Waals surface area contributed by atoms with E-state index < -0.39 is 81.6 Å². The zero-order valence-corrected chi connectivity index (χ0v) is 42.7. The standard InChI is InChI=1S/C50H58F4N8O8S2/c1-29-21-39(56-25-37(29)62-47(71)61(46(67)49(62,6)7)35-16-15-33(23-55)40(41(35)51)50(52,53)54)70-20-9-8-17-68-18-10-19-69-27-38(64)59-43(48(3,4)5)45(66)60-26-34(63)22-36(60)44(65)57-24-31-11-13-32(14-12-31)42-30(2)58-28-72-42/h11-16,21,25,28,34,36,43,63H,8-10,17-20,22,24,26-27H2,1-7H3,(H,57,65)(H,59,64)/t34-,36+,43-/m1/s1. The Kier molecular flexibility index (Phi) is 17.8. The van der Waals surface area contributed by atoms with Crippen molar-refractivity contribution >= 4 is 63.7 Å². The zero-order valence-electron chi connectivity index (χ0n) is 41.0. The maximum atomic E-state index is 15.4. The van der Waals surface area contributed by atoms with Crippen LogP contribution in [-0.4, -0.2) is 112 Å². The molecule has 4 amide bonds. The van der Waals surface area contributed by atoms with Gasteiger partial charge in [-0.2, -0.15) is 18.4 Å². The Morgan fingerprint density at radius 2 is 1.68 bits per heavy atom. The highest BCUT2D eigenvalue weighted by Crippen LogP contribution is 2.43. The summed E-state index contributed by atoms with van der Waals surface area (Å²) in [6, 6.07) is 10.6. The fourth-order valence-electron chi connectivity index (χ4n) is 8.35. The molecule has 3 N–H and O–H groups in total. The Hall–Kier alpha value is -6.12. The van der Waals surface area contributed by atoms with Crippen LogP contribution < -0.4 is 25.2 Å². The van der Waals surface area contributed by atoms with E-state index in [1.807, 2.05) is 31.2 Å². The second-order valence-electron chi connectivity index (χ2n) is 19.1. The highest BCUT2D eigenvalue weighted by atomic mass is 32.1. The first-order valence-corrected chi connectivity index (χ1v) is 24.5. The predicted octanol–water partition coefficient (Wildman–Crippen LogP) is 7.16. The van der Waals surface area contributed by atoms with Crippen molar-refractivity contribution in [1.82, 2.24) is 25.5 Å². The maximum absolute atomic E-state index is 15.4. The number of β-amino-alcohol motifs (C(OH)–C–C–N with tert-alkyl or cyclic N) is 1.